The Hall–Kier alpha value is -2.22. The Morgan fingerprint density at radius 2 is 1.68 bits per heavy atom. The fourth-order valence-electron chi connectivity index (χ4n) is 4.98. The number of hydrogen-bond acceptors (Lipinski definition) is 7. The molecule has 40 heavy (non-hydrogen) atoms. The third kappa shape index (κ3) is 6.97. The molecule has 1 aromatic heterocycles. The summed E-state index contributed by atoms with van der Waals surface area (Å²) in [5.41, 5.74) is 0.309. The summed E-state index contributed by atoms with van der Waals surface area (Å²) < 4.78 is 61.8. The predicted octanol–water partition coefficient (Wildman–Crippen LogP) is 4.93. The van der Waals surface area contributed by atoms with Gasteiger partial charge in [0.25, 0.3) is 5.91 Å². The van der Waals surface area contributed by atoms with Gasteiger partial charge in [0.2, 0.25) is 10.0 Å². The lowest BCUT2D eigenvalue weighted by Gasteiger charge is -2.27. The van der Waals surface area contributed by atoms with Crippen molar-refractivity contribution in [1.82, 2.24) is 14.2 Å². The van der Waals surface area contributed by atoms with E-state index in [1.54, 1.807) is 0 Å². The fraction of sp³-hybridized carbons (Fsp3) is 0.481. The number of aromatic nitrogens is 1. The first-order valence-corrected chi connectivity index (χ1v) is 15.6. The number of hydrogen-bond donors (Lipinski definition) is 0. The van der Waals surface area contributed by atoms with Crippen molar-refractivity contribution in [2.45, 2.75) is 37.0 Å². The van der Waals surface area contributed by atoms with E-state index < -0.39 is 21.7 Å². The van der Waals surface area contributed by atoms with Crippen molar-refractivity contribution in [3.8, 4) is 0 Å². The van der Waals surface area contributed by atoms with Crippen LogP contribution in [-0.2, 0) is 14.8 Å². The molecule has 2 aliphatic heterocycles. The molecule has 3 aromatic rings. The number of morpholine rings is 1. The third-order valence-electron chi connectivity index (χ3n) is 7.14. The van der Waals surface area contributed by atoms with Crippen LogP contribution in [0.25, 0.3) is 10.2 Å². The molecule has 0 aliphatic carbocycles. The minimum absolute atomic E-state index is 0. The van der Waals surface area contributed by atoms with Crippen molar-refractivity contribution in [2.75, 3.05) is 57.4 Å². The second kappa shape index (κ2) is 13.6. The van der Waals surface area contributed by atoms with Crippen molar-refractivity contribution in [2.24, 2.45) is 0 Å². The van der Waals surface area contributed by atoms with Crippen LogP contribution in [0.15, 0.2) is 41.3 Å². The Labute approximate surface area is 243 Å². The number of nitrogens with zero attached hydrogens (tertiary/aromatic N) is 4. The summed E-state index contributed by atoms with van der Waals surface area (Å²) in [7, 11) is -3.65. The van der Waals surface area contributed by atoms with Gasteiger partial charge in [-0.05, 0) is 49.6 Å². The summed E-state index contributed by atoms with van der Waals surface area (Å²) in [6.45, 7) is 5.00. The van der Waals surface area contributed by atoms with Gasteiger partial charge in [0.15, 0.2) is 10.9 Å². The average molecular weight is 615 g/mol. The van der Waals surface area contributed by atoms with Gasteiger partial charge >= 0.3 is 0 Å². The summed E-state index contributed by atoms with van der Waals surface area (Å²) in [4.78, 5) is 21.9. The monoisotopic (exact) mass is 614 g/mol. The standard InChI is InChI=1S/C27H32F2N4O4S2.ClH/c28-21-18-23(29)25-24(19-21)38-27(30-25)33(13-5-10-31-14-16-37-17-15-31)26(34)20-6-8-22(9-7-20)39(35,36)32-11-3-1-2-4-12-32;/h6-9,18-19H,1-5,10-17H2;1H. The molecule has 2 fully saturated rings. The van der Waals surface area contributed by atoms with Gasteiger partial charge in [-0.2, -0.15) is 4.31 Å². The van der Waals surface area contributed by atoms with Gasteiger partial charge in [-0.1, -0.05) is 24.2 Å². The number of anilines is 1. The van der Waals surface area contributed by atoms with E-state index in [1.165, 1.54) is 39.5 Å². The smallest absolute Gasteiger partial charge is 0.260 e. The number of amides is 1. The van der Waals surface area contributed by atoms with Crippen LogP contribution in [0.3, 0.4) is 0 Å². The molecule has 3 heterocycles. The number of rotatable bonds is 8. The SMILES string of the molecule is Cl.O=C(c1ccc(S(=O)(=O)N2CCCCCC2)cc1)N(CCCN1CCOCC1)c1nc2c(F)cc(F)cc2s1. The van der Waals surface area contributed by atoms with Crippen LogP contribution in [0.5, 0.6) is 0 Å². The molecule has 2 aromatic carbocycles. The van der Waals surface area contributed by atoms with Crippen LogP contribution in [0.4, 0.5) is 13.9 Å². The highest BCUT2D eigenvalue weighted by atomic mass is 35.5. The molecule has 0 N–H and O–H groups in total. The maximum absolute atomic E-state index is 14.4. The molecule has 0 spiro atoms. The van der Waals surface area contributed by atoms with Crippen LogP contribution in [0.2, 0.25) is 0 Å². The number of sulfonamides is 1. The molecule has 8 nitrogen and oxygen atoms in total. The number of fused-ring (bicyclic) bond motifs is 1. The lowest BCUT2D eigenvalue weighted by atomic mass is 10.2. The fourth-order valence-corrected chi connectivity index (χ4v) is 7.53. The minimum Gasteiger partial charge on any atom is -0.379 e. The summed E-state index contributed by atoms with van der Waals surface area (Å²) in [5, 5.41) is 0.266. The van der Waals surface area contributed by atoms with E-state index in [4.69, 9.17) is 4.74 Å². The number of carbonyl (C=O) groups is 1. The first-order valence-electron chi connectivity index (χ1n) is 13.3. The maximum atomic E-state index is 14.4. The Morgan fingerprint density at radius 3 is 2.35 bits per heavy atom. The van der Waals surface area contributed by atoms with Gasteiger partial charge < -0.3 is 4.74 Å². The Balaban J connectivity index is 0.00000370. The molecule has 218 valence electrons. The normalized spacial score (nSPS) is 17.4. The molecule has 13 heteroatoms. The molecule has 2 saturated heterocycles. The van der Waals surface area contributed by atoms with Crippen molar-refractivity contribution in [3.63, 3.8) is 0 Å². The molecule has 0 saturated carbocycles. The van der Waals surface area contributed by atoms with Gasteiger partial charge in [0.05, 0.1) is 22.8 Å². The molecular weight excluding hydrogens is 582 g/mol. The maximum Gasteiger partial charge on any atom is 0.260 e. The molecule has 1 amide bonds. The van der Waals surface area contributed by atoms with Crippen molar-refractivity contribution >= 4 is 55.0 Å². The number of halogens is 3. The van der Waals surface area contributed by atoms with Crippen LogP contribution in [-0.4, -0.2) is 81.0 Å². The van der Waals surface area contributed by atoms with Gasteiger partial charge in [0.1, 0.15) is 11.3 Å². The number of carbonyl (C=O) groups excluding carboxylic acids is 1. The summed E-state index contributed by atoms with van der Waals surface area (Å²) in [5.74, 6) is -1.87. The van der Waals surface area contributed by atoms with Gasteiger partial charge in [-0.3, -0.25) is 14.6 Å². The number of benzene rings is 2. The highest BCUT2D eigenvalue weighted by molar-refractivity contribution is 7.89. The van der Waals surface area contributed by atoms with Crippen molar-refractivity contribution in [3.05, 3.63) is 53.6 Å². The zero-order chi connectivity index (χ0) is 27.4. The zero-order valence-electron chi connectivity index (χ0n) is 22.1. The quantitative estimate of drug-likeness (QED) is 0.358. The highest BCUT2D eigenvalue weighted by Crippen LogP contribution is 2.32. The van der Waals surface area contributed by atoms with E-state index >= 15 is 0 Å². The Kier molecular flexibility index (Phi) is 10.5. The molecule has 0 atom stereocenters. The second-order valence-corrected chi connectivity index (χ2v) is 12.8. The first-order chi connectivity index (χ1) is 18.8. The molecular formula is C27H33ClF2N4O4S2. The Bertz CT molecular complexity index is 1410. The van der Waals surface area contributed by atoms with Gasteiger partial charge in [-0.15, -0.1) is 12.4 Å². The summed E-state index contributed by atoms with van der Waals surface area (Å²) in [6.07, 6.45) is 4.34. The van der Waals surface area contributed by atoms with Crippen LogP contribution < -0.4 is 4.90 Å². The van der Waals surface area contributed by atoms with Crippen LogP contribution in [0.1, 0.15) is 42.5 Å². The zero-order valence-corrected chi connectivity index (χ0v) is 24.5. The van der Waals surface area contributed by atoms with Crippen molar-refractivity contribution in [1.29, 1.82) is 0 Å². The van der Waals surface area contributed by atoms with E-state index in [9.17, 15) is 22.0 Å². The van der Waals surface area contributed by atoms with Crippen LogP contribution >= 0.6 is 23.7 Å². The molecule has 0 bridgehead atoms. The van der Waals surface area contributed by atoms with E-state index in [2.05, 4.69) is 9.88 Å². The molecule has 5 rings (SSSR count). The largest absolute Gasteiger partial charge is 0.379 e. The number of ether oxygens (including phenoxy) is 1. The Morgan fingerprint density at radius 1 is 1.00 bits per heavy atom. The molecule has 0 radical (unpaired) electrons. The van der Waals surface area contributed by atoms with Gasteiger partial charge in [0, 0.05) is 50.9 Å². The van der Waals surface area contributed by atoms with Gasteiger partial charge in [-0.25, -0.2) is 22.2 Å². The second-order valence-electron chi connectivity index (χ2n) is 9.84. The summed E-state index contributed by atoms with van der Waals surface area (Å²) in [6, 6.07) is 7.93. The average Bonchev–Trinajstić information content (AvgIpc) is 3.15. The predicted molar refractivity (Wildman–Crippen MR) is 154 cm³/mol. The van der Waals surface area contributed by atoms with E-state index in [1.807, 2.05) is 0 Å². The molecule has 2 aliphatic rings. The van der Waals surface area contributed by atoms with Crippen LogP contribution in [0, 0.1) is 11.6 Å². The lowest BCUT2D eigenvalue weighted by molar-refractivity contribution is 0.0376. The summed E-state index contributed by atoms with van der Waals surface area (Å²) >= 11 is 1.05. The molecule has 0 unspecified atom stereocenters. The first kappa shape index (κ1) is 30.7. The van der Waals surface area contributed by atoms with E-state index in [0.717, 1.165) is 62.7 Å². The highest BCUT2D eigenvalue weighted by Gasteiger charge is 2.27. The van der Waals surface area contributed by atoms with Crippen molar-refractivity contribution < 1.29 is 26.7 Å². The van der Waals surface area contributed by atoms with E-state index in [-0.39, 0.29) is 33.9 Å². The third-order valence-corrected chi connectivity index (χ3v) is 10.1. The lowest BCUT2D eigenvalue weighted by Crippen LogP contribution is -2.39. The number of thiazole rings is 1. The van der Waals surface area contributed by atoms with E-state index in [0.29, 0.717) is 49.5 Å². The minimum atomic E-state index is -3.65. The topological polar surface area (TPSA) is 83.1 Å².